The van der Waals surface area contributed by atoms with Crippen LogP contribution in [0.2, 0.25) is 0 Å². The van der Waals surface area contributed by atoms with Crippen molar-refractivity contribution in [1.82, 2.24) is 25.0 Å². The highest BCUT2D eigenvalue weighted by atomic mass is 16.2. The second-order valence-corrected chi connectivity index (χ2v) is 6.25. The summed E-state index contributed by atoms with van der Waals surface area (Å²) in [7, 11) is 0. The van der Waals surface area contributed by atoms with Gasteiger partial charge in [-0.1, -0.05) is 42.5 Å². The van der Waals surface area contributed by atoms with Gasteiger partial charge in [-0.25, -0.2) is 9.67 Å². The smallest absolute Gasteiger partial charge is 0.235 e. The number of carbonyl (C=O) groups is 1. The molecule has 1 fully saturated rings. The van der Waals surface area contributed by atoms with Crippen LogP contribution in [0.4, 0.5) is 0 Å². The van der Waals surface area contributed by atoms with Gasteiger partial charge in [-0.15, -0.1) is 0 Å². The topological polar surface area (TPSA) is 63.1 Å². The first-order chi connectivity index (χ1) is 12.2. The highest BCUT2D eigenvalue weighted by molar-refractivity contribution is 5.80. The van der Waals surface area contributed by atoms with Crippen LogP contribution in [-0.4, -0.2) is 32.1 Å². The highest BCUT2D eigenvalue weighted by Gasteiger charge is 2.31. The summed E-state index contributed by atoms with van der Waals surface area (Å²) < 4.78 is 1.74. The second kappa shape index (κ2) is 6.49. The molecule has 1 aliphatic rings. The van der Waals surface area contributed by atoms with Gasteiger partial charge in [0, 0.05) is 6.54 Å². The monoisotopic (exact) mass is 333 g/mol. The van der Waals surface area contributed by atoms with Crippen molar-refractivity contribution in [2.24, 2.45) is 0 Å². The Morgan fingerprint density at radius 2 is 2.04 bits per heavy atom. The van der Waals surface area contributed by atoms with Crippen LogP contribution < -0.4 is 5.32 Å². The molecule has 6 heteroatoms. The Morgan fingerprint density at radius 1 is 1.20 bits per heavy atom. The Hall–Kier alpha value is -2.99. The molecule has 1 saturated heterocycles. The van der Waals surface area contributed by atoms with Crippen molar-refractivity contribution in [1.29, 1.82) is 0 Å². The summed E-state index contributed by atoms with van der Waals surface area (Å²) in [6.07, 6.45) is 3.09. The van der Waals surface area contributed by atoms with Crippen LogP contribution in [0, 0.1) is 6.92 Å². The molecule has 0 radical (unpaired) electrons. The van der Waals surface area contributed by atoms with E-state index in [1.54, 1.807) is 11.0 Å². The van der Waals surface area contributed by atoms with E-state index in [1.165, 1.54) is 11.9 Å². The minimum Gasteiger partial charge on any atom is -0.335 e. The summed E-state index contributed by atoms with van der Waals surface area (Å²) in [5, 5.41) is 7.26. The van der Waals surface area contributed by atoms with E-state index in [4.69, 9.17) is 0 Å². The fourth-order valence-electron chi connectivity index (χ4n) is 3.26. The number of amides is 1. The molecular formula is C19H19N5O. The molecule has 3 aromatic rings. The van der Waals surface area contributed by atoms with Crippen molar-refractivity contribution in [2.45, 2.75) is 19.6 Å². The van der Waals surface area contributed by atoms with Crippen molar-refractivity contribution in [3.05, 3.63) is 77.9 Å². The van der Waals surface area contributed by atoms with Crippen molar-refractivity contribution >= 4 is 5.91 Å². The Labute approximate surface area is 146 Å². The maximum atomic E-state index is 12.0. The lowest BCUT2D eigenvalue weighted by Crippen LogP contribution is -2.27. The van der Waals surface area contributed by atoms with Crippen LogP contribution in [-0.2, 0) is 11.3 Å². The first-order valence-corrected chi connectivity index (χ1v) is 8.23. The third-order valence-corrected chi connectivity index (χ3v) is 4.44. The summed E-state index contributed by atoms with van der Waals surface area (Å²) in [5.74, 6) is 0.0546. The summed E-state index contributed by atoms with van der Waals surface area (Å²) >= 11 is 0. The zero-order valence-corrected chi connectivity index (χ0v) is 14.0. The molecule has 1 aromatic heterocycles. The number of aromatic nitrogens is 3. The summed E-state index contributed by atoms with van der Waals surface area (Å²) in [5.41, 5.74) is 4.34. The van der Waals surface area contributed by atoms with E-state index in [0.29, 0.717) is 6.54 Å². The number of nitrogens with one attached hydrogen (secondary N) is 1. The molecular weight excluding hydrogens is 314 g/mol. The Morgan fingerprint density at radius 3 is 2.76 bits per heavy atom. The van der Waals surface area contributed by atoms with Crippen molar-refractivity contribution < 1.29 is 4.79 Å². The minimum atomic E-state index is -0.115. The van der Waals surface area contributed by atoms with E-state index in [1.807, 2.05) is 37.3 Å². The van der Waals surface area contributed by atoms with Gasteiger partial charge in [-0.2, -0.15) is 5.10 Å². The zero-order chi connectivity index (χ0) is 17.2. The van der Waals surface area contributed by atoms with Crippen LogP contribution in [0.1, 0.15) is 22.9 Å². The lowest BCUT2D eigenvalue weighted by Gasteiger charge is -2.24. The van der Waals surface area contributed by atoms with Crippen LogP contribution in [0.15, 0.2) is 61.2 Å². The molecule has 0 spiro atoms. The van der Waals surface area contributed by atoms with Gasteiger partial charge in [0.1, 0.15) is 18.8 Å². The van der Waals surface area contributed by atoms with Gasteiger partial charge >= 0.3 is 0 Å². The zero-order valence-electron chi connectivity index (χ0n) is 14.0. The largest absolute Gasteiger partial charge is 0.335 e. The fraction of sp³-hybridized carbons (Fsp3) is 0.211. The maximum absolute atomic E-state index is 12.0. The second-order valence-electron chi connectivity index (χ2n) is 6.25. The molecule has 0 saturated carbocycles. The first-order valence-electron chi connectivity index (χ1n) is 8.23. The number of hydrogen-bond acceptors (Lipinski definition) is 4. The number of nitrogens with zero attached hydrogens (tertiary/aromatic N) is 4. The minimum absolute atomic E-state index is 0.0546. The predicted octanol–water partition coefficient (Wildman–Crippen LogP) is 2.21. The Balaban J connectivity index is 1.61. The normalized spacial score (nSPS) is 17.6. The van der Waals surface area contributed by atoms with Crippen LogP contribution in [0.25, 0.3) is 5.69 Å². The molecule has 0 aliphatic carbocycles. The van der Waals surface area contributed by atoms with Crippen molar-refractivity contribution in [2.75, 3.05) is 6.54 Å². The molecule has 25 heavy (non-hydrogen) atoms. The van der Waals surface area contributed by atoms with Gasteiger partial charge in [-0.3, -0.25) is 9.69 Å². The Kier molecular flexibility index (Phi) is 4.03. The molecule has 4 rings (SSSR count). The molecule has 2 heterocycles. The van der Waals surface area contributed by atoms with E-state index < -0.39 is 0 Å². The fourth-order valence-corrected chi connectivity index (χ4v) is 3.26. The number of rotatable bonds is 4. The average molecular weight is 333 g/mol. The molecule has 126 valence electrons. The summed E-state index contributed by atoms with van der Waals surface area (Å²) in [6.45, 7) is 3.18. The van der Waals surface area contributed by atoms with Gasteiger partial charge in [0.05, 0.1) is 12.2 Å². The van der Waals surface area contributed by atoms with Crippen molar-refractivity contribution in [3.63, 3.8) is 0 Å². The maximum Gasteiger partial charge on any atom is 0.235 e. The van der Waals surface area contributed by atoms with Crippen LogP contribution >= 0.6 is 0 Å². The third kappa shape index (κ3) is 3.16. The lowest BCUT2D eigenvalue weighted by atomic mass is 10.1. The number of aryl methyl sites for hydroxylation is 1. The van der Waals surface area contributed by atoms with Gasteiger partial charge in [0.15, 0.2) is 0 Å². The van der Waals surface area contributed by atoms with Gasteiger partial charge in [0.25, 0.3) is 0 Å². The molecule has 0 bridgehead atoms. The molecule has 1 aliphatic heterocycles. The van der Waals surface area contributed by atoms with Gasteiger partial charge < -0.3 is 5.32 Å². The molecule has 2 aromatic carbocycles. The molecule has 1 atom stereocenters. The van der Waals surface area contributed by atoms with E-state index in [0.717, 1.165) is 23.4 Å². The van der Waals surface area contributed by atoms with Crippen LogP contribution in [0.3, 0.4) is 0 Å². The average Bonchev–Trinajstić information content (AvgIpc) is 3.26. The van der Waals surface area contributed by atoms with E-state index >= 15 is 0 Å². The number of benzene rings is 2. The van der Waals surface area contributed by atoms with Crippen molar-refractivity contribution in [3.8, 4) is 5.69 Å². The molecule has 0 unspecified atom stereocenters. The third-order valence-electron chi connectivity index (χ3n) is 4.44. The SMILES string of the molecule is Cc1cc([C@@H]2NC(=O)CN2Cc2ccccc2)ccc1-n1cncn1. The predicted molar refractivity (Wildman–Crippen MR) is 93.8 cm³/mol. The molecule has 1 amide bonds. The summed E-state index contributed by atoms with van der Waals surface area (Å²) in [4.78, 5) is 18.1. The Bertz CT molecular complexity index is 876. The molecule has 1 N–H and O–H groups in total. The molecule has 6 nitrogen and oxygen atoms in total. The van der Waals surface area contributed by atoms with E-state index in [9.17, 15) is 4.79 Å². The standard InChI is InChI=1S/C19H19N5O/c1-14-9-16(7-8-17(14)24-13-20-12-21-24)19-22-18(25)11-23(19)10-15-5-3-2-4-6-15/h2-9,12-13,19H,10-11H2,1H3,(H,22,25)/t19-/m1/s1. The number of carbonyl (C=O) groups excluding carboxylic acids is 1. The highest BCUT2D eigenvalue weighted by Crippen LogP contribution is 2.26. The number of hydrogen-bond donors (Lipinski definition) is 1. The van der Waals surface area contributed by atoms with Gasteiger partial charge in [-0.05, 0) is 29.7 Å². The van der Waals surface area contributed by atoms with Crippen LogP contribution in [0.5, 0.6) is 0 Å². The van der Waals surface area contributed by atoms with E-state index in [2.05, 4.69) is 38.5 Å². The van der Waals surface area contributed by atoms with E-state index in [-0.39, 0.29) is 12.1 Å². The summed E-state index contributed by atoms with van der Waals surface area (Å²) in [6, 6.07) is 16.4. The van der Waals surface area contributed by atoms with Gasteiger partial charge in [0.2, 0.25) is 5.91 Å². The first kappa shape index (κ1) is 15.5. The quantitative estimate of drug-likeness (QED) is 0.795. The lowest BCUT2D eigenvalue weighted by molar-refractivity contribution is -0.118.